The Bertz CT molecular complexity index is 525. The van der Waals surface area contributed by atoms with Gasteiger partial charge in [-0.05, 0) is 0 Å². The number of aromatic nitrogens is 3. The summed E-state index contributed by atoms with van der Waals surface area (Å²) in [7, 11) is 0. The van der Waals surface area contributed by atoms with E-state index in [1.165, 1.54) is 0 Å². The van der Waals surface area contributed by atoms with Crippen molar-refractivity contribution in [2.24, 2.45) is 0 Å². The van der Waals surface area contributed by atoms with Crippen LogP contribution in [0, 0.1) is 0 Å². The van der Waals surface area contributed by atoms with E-state index in [2.05, 4.69) is 10.2 Å². The standard InChI is InChI=1S/C7H4F3N3O/c8-7(9,10)6-12-11-5-3-4(14)1-2-13(5)6/h1-3,11H. The van der Waals surface area contributed by atoms with Crippen LogP contribution in [-0.4, -0.2) is 14.6 Å². The lowest BCUT2D eigenvalue weighted by Gasteiger charge is -2.02. The number of rotatable bonds is 0. The lowest BCUT2D eigenvalue weighted by molar-refractivity contribution is -0.145. The fourth-order valence-corrected chi connectivity index (χ4v) is 1.12. The van der Waals surface area contributed by atoms with Gasteiger partial charge >= 0.3 is 6.18 Å². The zero-order valence-corrected chi connectivity index (χ0v) is 6.67. The third-order valence-corrected chi connectivity index (χ3v) is 1.68. The summed E-state index contributed by atoms with van der Waals surface area (Å²) >= 11 is 0. The van der Waals surface area contributed by atoms with Gasteiger partial charge in [-0.1, -0.05) is 0 Å². The second kappa shape index (κ2) is 2.60. The van der Waals surface area contributed by atoms with Crippen molar-refractivity contribution in [2.75, 3.05) is 0 Å². The van der Waals surface area contributed by atoms with Crippen LogP contribution in [-0.2, 0) is 6.18 Å². The number of H-pyrrole nitrogens is 1. The molecule has 0 radical (unpaired) electrons. The van der Waals surface area contributed by atoms with Gasteiger partial charge in [0.1, 0.15) is 5.65 Å². The average molecular weight is 203 g/mol. The third-order valence-electron chi connectivity index (χ3n) is 1.68. The van der Waals surface area contributed by atoms with Crippen LogP contribution in [0.25, 0.3) is 5.65 Å². The Hall–Kier alpha value is -1.79. The number of nitrogens with zero attached hydrogens (tertiary/aromatic N) is 2. The number of halogens is 3. The van der Waals surface area contributed by atoms with Crippen molar-refractivity contribution in [2.45, 2.75) is 6.18 Å². The summed E-state index contributed by atoms with van der Waals surface area (Å²) < 4.78 is 37.6. The highest BCUT2D eigenvalue weighted by Crippen LogP contribution is 2.27. The smallest absolute Gasteiger partial charge is 0.290 e. The molecule has 1 N–H and O–H groups in total. The highest BCUT2D eigenvalue weighted by molar-refractivity contribution is 5.37. The number of nitrogens with one attached hydrogen (secondary N) is 1. The molecule has 4 nitrogen and oxygen atoms in total. The normalized spacial score (nSPS) is 12.2. The van der Waals surface area contributed by atoms with E-state index in [1.807, 2.05) is 0 Å². The van der Waals surface area contributed by atoms with Gasteiger partial charge in [-0.2, -0.15) is 18.3 Å². The van der Waals surface area contributed by atoms with Crippen molar-refractivity contribution in [1.29, 1.82) is 0 Å². The van der Waals surface area contributed by atoms with E-state index in [9.17, 15) is 18.0 Å². The molecule has 0 saturated carbocycles. The fraction of sp³-hybridized carbons (Fsp3) is 0.143. The van der Waals surface area contributed by atoms with Crippen LogP contribution < -0.4 is 5.43 Å². The molecule has 0 unspecified atom stereocenters. The maximum Gasteiger partial charge on any atom is 0.451 e. The third kappa shape index (κ3) is 1.26. The zero-order valence-electron chi connectivity index (χ0n) is 6.67. The molecular formula is C7H4F3N3O. The van der Waals surface area contributed by atoms with E-state index < -0.39 is 12.0 Å². The van der Waals surface area contributed by atoms with Crippen molar-refractivity contribution in [3.8, 4) is 0 Å². The minimum absolute atomic E-state index is 0.0184. The summed E-state index contributed by atoms with van der Waals surface area (Å²) in [4.78, 5) is 10.8. The first-order valence-electron chi connectivity index (χ1n) is 3.62. The van der Waals surface area contributed by atoms with Gasteiger partial charge in [-0.3, -0.25) is 14.3 Å². The maximum absolute atomic E-state index is 12.3. The molecule has 2 aromatic heterocycles. The Morgan fingerprint density at radius 2 is 2.14 bits per heavy atom. The van der Waals surface area contributed by atoms with Gasteiger partial charge in [0, 0.05) is 18.3 Å². The van der Waals surface area contributed by atoms with Gasteiger partial charge in [0.15, 0.2) is 5.43 Å². The Balaban J connectivity index is 2.76. The summed E-state index contributed by atoms with van der Waals surface area (Å²) in [6.07, 6.45) is -3.50. The molecule has 0 aromatic carbocycles. The van der Waals surface area contributed by atoms with Crippen LogP contribution in [0.2, 0.25) is 0 Å². The Labute approximate surface area is 75.0 Å². The Morgan fingerprint density at radius 1 is 1.43 bits per heavy atom. The van der Waals surface area contributed by atoms with Crippen LogP contribution in [0.4, 0.5) is 13.2 Å². The molecule has 0 atom stereocenters. The van der Waals surface area contributed by atoms with Crippen molar-refractivity contribution in [1.82, 2.24) is 14.6 Å². The SMILES string of the molecule is O=c1ccn2c(C(F)(F)F)n[nH]c2c1. The van der Waals surface area contributed by atoms with Gasteiger partial charge in [0.05, 0.1) is 0 Å². The number of fused-ring (bicyclic) bond motifs is 1. The van der Waals surface area contributed by atoms with Crippen LogP contribution in [0.5, 0.6) is 0 Å². The first-order valence-corrected chi connectivity index (χ1v) is 3.62. The van der Waals surface area contributed by atoms with Crippen molar-refractivity contribution in [3.63, 3.8) is 0 Å². The summed E-state index contributed by atoms with van der Waals surface area (Å²) in [6.45, 7) is 0. The molecule has 0 spiro atoms. The van der Waals surface area contributed by atoms with Crippen molar-refractivity contribution >= 4 is 5.65 Å². The number of hydrogen-bond donors (Lipinski definition) is 1. The molecule has 0 saturated heterocycles. The molecule has 0 bridgehead atoms. The maximum atomic E-state index is 12.3. The largest absolute Gasteiger partial charge is 0.451 e. The van der Waals surface area contributed by atoms with Crippen LogP contribution in [0.3, 0.4) is 0 Å². The molecule has 2 heterocycles. The molecule has 0 fully saturated rings. The Kier molecular flexibility index (Phi) is 1.63. The molecular weight excluding hydrogens is 199 g/mol. The summed E-state index contributed by atoms with van der Waals surface area (Å²) in [5, 5.41) is 5.21. The molecule has 7 heteroatoms. The topological polar surface area (TPSA) is 50.2 Å². The van der Waals surface area contributed by atoms with Crippen LogP contribution in [0.15, 0.2) is 23.1 Å². The van der Waals surface area contributed by atoms with Gasteiger partial charge in [0.25, 0.3) is 0 Å². The average Bonchev–Trinajstić information content (AvgIpc) is 2.45. The quantitative estimate of drug-likeness (QED) is 0.695. The summed E-state index contributed by atoms with van der Waals surface area (Å²) in [5.74, 6) is -1.08. The predicted molar refractivity (Wildman–Crippen MR) is 40.8 cm³/mol. The second-order valence-corrected chi connectivity index (χ2v) is 2.66. The summed E-state index contributed by atoms with van der Waals surface area (Å²) in [6, 6.07) is 2.08. The molecule has 0 amide bonds. The van der Waals surface area contributed by atoms with E-state index in [0.717, 1.165) is 22.7 Å². The molecule has 2 aromatic rings. The van der Waals surface area contributed by atoms with E-state index >= 15 is 0 Å². The minimum Gasteiger partial charge on any atom is -0.290 e. The van der Waals surface area contributed by atoms with Crippen molar-refractivity contribution in [3.05, 3.63) is 34.4 Å². The molecule has 74 valence electrons. The molecule has 2 rings (SSSR count). The highest BCUT2D eigenvalue weighted by Gasteiger charge is 2.36. The zero-order chi connectivity index (χ0) is 10.3. The highest BCUT2D eigenvalue weighted by atomic mass is 19.4. The van der Waals surface area contributed by atoms with Crippen molar-refractivity contribution < 1.29 is 13.2 Å². The fourth-order valence-electron chi connectivity index (χ4n) is 1.12. The van der Waals surface area contributed by atoms with Gasteiger partial charge in [0.2, 0.25) is 5.82 Å². The monoisotopic (exact) mass is 203 g/mol. The lowest BCUT2D eigenvalue weighted by Crippen LogP contribution is -2.11. The molecule has 0 aliphatic heterocycles. The van der Waals surface area contributed by atoms with E-state index in [4.69, 9.17) is 0 Å². The van der Waals surface area contributed by atoms with Gasteiger partial charge < -0.3 is 0 Å². The van der Waals surface area contributed by atoms with E-state index in [1.54, 1.807) is 0 Å². The van der Waals surface area contributed by atoms with Crippen LogP contribution in [0.1, 0.15) is 5.82 Å². The first-order chi connectivity index (χ1) is 6.48. The number of aromatic amines is 1. The lowest BCUT2D eigenvalue weighted by atomic mass is 10.4. The number of pyridine rings is 1. The molecule has 0 aliphatic carbocycles. The predicted octanol–water partition coefficient (Wildman–Crippen LogP) is 1.04. The first kappa shape index (κ1) is 8.79. The molecule has 0 aliphatic rings. The van der Waals surface area contributed by atoms with E-state index in [0.29, 0.717) is 0 Å². The van der Waals surface area contributed by atoms with Gasteiger partial charge in [-0.15, -0.1) is 0 Å². The van der Waals surface area contributed by atoms with Gasteiger partial charge in [-0.25, -0.2) is 0 Å². The van der Waals surface area contributed by atoms with Crippen LogP contribution >= 0.6 is 0 Å². The molecule has 14 heavy (non-hydrogen) atoms. The minimum atomic E-state index is -4.53. The summed E-state index contributed by atoms with van der Waals surface area (Å²) in [5.41, 5.74) is -0.354. The Morgan fingerprint density at radius 3 is 2.79 bits per heavy atom. The number of hydrogen-bond acceptors (Lipinski definition) is 2. The second-order valence-electron chi connectivity index (χ2n) is 2.66. The number of alkyl halides is 3. The van der Waals surface area contributed by atoms with E-state index in [-0.39, 0.29) is 11.1 Å².